The molecule has 1 aromatic carbocycles. The zero-order chi connectivity index (χ0) is 17.4. The van der Waals surface area contributed by atoms with Gasteiger partial charge in [0.25, 0.3) is 5.91 Å². The molecule has 2 atom stereocenters. The van der Waals surface area contributed by atoms with E-state index in [2.05, 4.69) is 10.3 Å². The molecule has 2 aliphatic rings. The van der Waals surface area contributed by atoms with E-state index in [9.17, 15) is 14.7 Å². The molecule has 6 nitrogen and oxygen atoms in total. The normalized spacial score (nSPS) is 23.6. The molecule has 0 unspecified atom stereocenters. The Labute approximate surface area is 146 Å². The largest absolute Gasteiger partial charge is 0.396 e. The number of aliphatic hydroxyl groups excluding tert-OH is 1. The number of hydrogen-bond acceptors (Lipinski definition) is 3. The SMILES string of the molecule is O=C(N[C@@H]1CN(C(=O)c2cccc3[nH]ccc23)CC[C@@H]1CO)C1CC1. The van der Waals surface area contributed by atoms with Crippen molar-refractivity contribution in [3.63, 3.8) is 0 Å². The van der Waals surface area contributed by atoms with Crippen molar-refractivity contribution in [1.82, 2.24) is 15.2 Å². The lowest BCUT2D eigenvalue weighted by Gasteiger charge is -2.38. The molecule has 1 saturated carbocycles. The lowest BCUT2D eigenvalue weighted by Crippen LogP contribution is -2.55. The first-order valence-electron chi connectivity index (χ1n) is 8.94. The Bertz CT molecular complexity index is 796. The van der Waals surface area contributed by atoms with Crippen molar-refractivity contribution in [2.75, 3.05) is 19.7 Å². The first-order valence-corrected chi connectivity index (χ1v) is 8.94. The van der Waals surface area contributed by atoms with Gasteiger partial charge >= 0.3 is 0 Å². The third-order valence-electron chi connectivity index (χ3n) is 5.38. The molecule has 0 spiro atoms. The number of carbonyl (C=O) groups is 2. The van der Waals surface area contributed by atoms with Crippen LogP contribution in [0.3, 0.4) is 0 Å². The zero-order valence-corrected chi connectivity index (χ0v) is 14.1. The molecule has 2 heterocycles. The van der Waals surface area contributed by atoms with Gasteiger partial charge in [-0.1, -0.05) is 6.07 Å². The van der Waals surface area contributed by atoms with Gasteiger partial charge in [0.05, 0.1) is 6.04 Å². The van der Waals surface area contributed by atoms with Crippen molar-refractivity contribution in [2.45, 2.75) is 25.3 Å². The monoisotopic (exact) mass is 341 g/mol. The molecule has 4 rings (SSSR count). The van der Waals surface area contributed by atoms with Crippen LogP contribution < -0.4 is 5.32 Å². The van der Waals surface area contributed by atoms with E-state index in [0.29, 0.717) is 25.1 Å². The second kappa shape index (κ2) is 6.52. The summed E-state index contributed by atoms with van der Waals surface area (Å²) in [5.41, 5.74) is 1.61. The van der Waals surface area contributed by atoms with Crippen LogP contribution in [0, 0.1) is 11.8 Å². The van der Waals surface area contributed by atoms with Crippen LogP contribution in [0.2, 0.25) is 0 Å². The maximum absolute atomic E-state index is 13.0. The van der Waals surface area contributed by atoms with Gasteiger partial charge in [-0.05, 0) is 37.5 Å². The molecule has 2 aromatic rings. The Morgan fingerprint density at radius 1 is 1.24 bits per heavy atom. The topological polar surface area (TPSA) is 85.4 Å². The van der Waals surface area contributed by atoms with E-state index in [-0.39, 0.29) is 36.3 Å². The number of hydrogen-bond donors (Lipinski definition) is 3. The predicted molar refractivity (Wildman–Crippen MR) is 94.0 cm³/mol. The molecule has 1 aliphatic carbocycles. The van der Waals surface area contributed by atoms with Gasteiger partial charge in [-0.25, -0.2) is 0 Å². The first kappa shape index (κ1) is 16.1. The highest BCUT2D eigenvalue weighted by molar-refractivity contribution is 6.06. The van der Waals surface area contributed by atoms with Gasteiger partial charge in [0.15, 0.2) is 0 Å². The molecular weight excluding hydrogens is 318 g/mol. The molecule has 6 heteroatoms. The molecule has 1 aromatic heterocycles. The number of fused-ring (bicyclic) bond motifs is 1. The number of carbonyl (C=O) groups excluding carboxylic acids is 2. The Morgan fingerprint density at radius 3 is 2.84 bits per heavy atom. The van der Waals surface area contributed by atoms with Crippen molar-refractivity contribution < 1.29 is 14.7 Å². The lowest BCUT2D eigenvalue weighted by atomic mass is 9.91. The third kappa shape index (κ3) is 3.14. The number of benzene rings is 1. The van der Waals surface area contributed by atoms with Crippen LogP contribution in [-0.4, -0.2) is 52.5 Å². The van der Waals surface area contributed by atoms with Crippen LogP contribution in [0.4, 0.5) is 0 Å². The molecule has 0 bridgehead atoms. The van der Waals surface area contributed by atoms with Crippen LogP contribution in [0.5, 0.6) is 0 Å². The number of nitrogens with one attached hydrogen (secondary N) is 2. The Morgan fingerprint density at radius 2 is 2.08 bits per heavy atom. The summed E-state index contributed by atoms with van der Waals surface area (Å²) in [5.74, 6) is 0.173. The smallest absolute Gasteiger partial charge is 0.254 e. The van der Waals surface area contributed by atoms with Gasteiger partial charge in [0.1, 0.15) is 0 Å². The maximum atomic E-state index is 13.0. The summed E-state index contributed by atoms with van der Waals surface area (Å²) in [7, 11) is 0. The summed E-state index contributed by atoms with van der Waals surface area (Å²) >= 11 is 0. The summed E-state index contributed by atoms with van der Waals surface area (Å²) in [6, 6.07) is 7.40. The summed E-state index contributed by atoms with van der Waals surface area (Å²) in [6.45, 7) is 1.08. The van der Waals surface area contributed by atoms with E-state index in [1.54, 1.807) is 4.90 Å². The number of aromatic amines is 1. The number of rotatable bonds is 4. The van der Waals surface area contributed by atoms with Gasteiger partial charge in [0.2, 0.25) is 5.91 Å². The number of amides is 2. The van der Waals surface area contributed by atoms with E-state index < -0.39 is 0 Å². The van der Waals surface area contributed by atoms with Gasteiger partial charge in [-0.15, -0.1) is 0 Å². The number of nitrogens with zero attached hydrogens (tertiary/aromatic N) is 1. The van der Waals surface area contributed by atoms with Crippen LogP contribution in [0.1, 0.15) is 29.6 Å². The summed E-state index contributed by atoms with van der Waals surface area (Å²) in [6.07, 6.45) is 4.42. The van der Waals surface area contributed by atoms with Gasteiger partial charge in [-0.2, -0.15) is 0 Å². The van der Waals surface area contributed by atoms with Crippen molar-refractivity contribution >= 4 is 22.7 Å². The van der Waals surface area contributed by atoms with Crippen LogP contribution in [0.15, 0.2) is 30.5 Å². The first-order chi connectivity index (χ1) is 12.2. The van der Waals surface area contributed by atoms with Crippen molar-refractivity contribution in [3.8, 4) is 0 Å². The fourth-order valence-corrected chi connectivity index (χ4v) is 3.66. The second-order valence-electron chi connectivity index (χ2n) is 7.12. The Hall–Kier alpha value is -2.34. The minimum atomic E-state index is -0.179. The predicted octanol–water partition coefficient (Wildman–Crippen LogP) is 1.52. The Balaban J connectivity index is 1.52. The minimum Gasteiger partial charge on any atom is -0.396 e. The molecule has 0 radical (unpaired) electrons. The molecule has 3 N–H and O–H groups in total. The van der Waals surface area contributed by atoms with Crippen LogP contribution in [0.25, 0.3) is 10.9 Å². The quantitative estimate of drug-likeness (QED) is 0.788. The van der Waals surface area contributed by atoms with Crippen LogP contribution in [-0.2, 0) is 4.79 Å². The molecule has 2 fully saturated rings. The maximum Gasteiger partial charge on any atom is 0.254 e. The molecule has 1 aliphatic heterocycles. The second-order valence-corrected chi connectivity index (χ2v) is 7.12. The van der Waals surface area contributed by atoms with E-state index in [0.717, 1.165) is 23.7 Å². The van der Waals surface area contributed by atoms with E-state index in [1.807, 2.05) is 30.5 Å². The number of aromatic nitrogens is 1. The van der Waals surface area contributed by atoms with Crippen molar-refractivity contribution in [1.29, 1.82) is 0 Å². The van der Waals surface area contributed by atoms with Gasteiger partial charge < -0.3 is 20.3 Å². The lowest BCUT2D eigenvalue weighted by molar-refractivity contribution is -0.123. The molecular formula is C19H23N3O3. The summed E-state index contributed by atoms with van der Waals surface area (Å²) < 4.78 is 0. The van der Waals surface area contributed by atoms with E-state index in [1.165, 1.54) is 0 Å². The average Bonchev–Trinajstić information content (AvgIpc) is 3.38. The van der Waals surface area contributed by atoms with E-state index in [4.69, 9.17) is 0 Å². The van der Waals surface area contributed by atoms with Crippen molar-refractivity contribution in [2.24, 2.45) is 11.8 Å². The average molecular weight is 341 g/mol. The number of piperidine rings is 1. The highest BCUT2D eigenvalue weighted by atomic mass is 16.3. The number of likely N-dealkylation sites (tertiary alicyclic amines) is 1. The van der Waals surface area contributed by atoms with E-state index >= 15 is 0 Å². The van der Waals surface area contributed by atoms with Gasteiger partial charge in [-0.3, -0.25) is 9.59 Å². The summed E-state index contributed by atoms with van der Waals surface area (Å²) in [5, 5.41) is 13.6. The number of H-pyrrole nitrogens is 1. The molecule has 2 amide bonds. The minimum absolute atomic E-state index is 0.00907. The highest BCUT2D eigenvalue weighted by Crippen LogP contribution is 2.30. The van der Waals surface area contributed by atoms with Gasteiger partial charge in [0, 0.05) is 54.2 Å². The zero-order valence-electron chi connectivity index (χ0n) is 14.1. The fraction of sp³-hybridized carbons (Fsp3) is 0.474. The highest BCUT2D eigenvalue weighted by Gasteiger charge is 2.36. The molecule has 1 saturated heterocycles. The standard InChI is InChI=1S/C19H23N3O3/c23-11-13-7-9-22(10-17(13)21-18(24)12-4-5-12)19(25)15-2-1-3-16-14(15)6-8-20-16/h1-3,6,8,12-13,17,20,23H,4-5,7,9-11H2,(H,21,24)/t13-,17-/m1/s1. The van der Waals surface area contributed by atoms with Crippen molar-refractivity contribution in [3.05, 3.63) is 36.0 Å². The third-order valence-corrected chi connectivity index (χ3v) is 5.38. The molecule has 25 heavy (non-hydrogen) atoms. The van der Waals surface area contributed by atoms with Crippen LogP contribution >= 0.6 is 0 Å². The Kier molecular flexibility index (Phi) is 4.21. The number of aliphatic hydroxyl groups is 1. The molecule has 132 valence electrons. The summed E-state index contributed by atoms with van der Waals surface area (Å²) in [4.78, 5) is 30.1. The fourth-order valence-electron chi connectivity index (χ4n) is 3.66.